The Balaban J connectivity index is 4.75. The molecule has 136 valence electrons. The first-order valence-electron chi connectivity index (χ1n) is 6.94. The molecule has 0 aliphatic rings. The number of aliphatic carboxylic acids is 2. The van der Waals surface area contributed by atoms with Crippen LogP contribution in [0.15, 0.2) is 11.5 Å². The minimum Gasteiger partial charge on any atom is -0.480 e. The van der Waals surface area contributed by atoms with Gasteiger partial charge in [0.15, 0.2) is 0 Å². The Bertz CT molecular complexity index is 536. The quantitative estimate of drug-likeness (QED) is 0.284. The third-order valence-electron chi connectivity index (χ3n) is 2.68. The first kappa shape index (κ1) is 21.7. The summed E-state index contributed by atoms with van der Waals surface area (Å²) in [7, 11) is -1.54. The maximum Gasteiger partial charge on any atom is 0.322 e. The first-order chi connectivity index (χ1) is 11.2. The summed E-state index contributed by atoms with van der Waals surface area (Å²) in [5, 5.41) is 22.9. The largest absolute Gasteiger partial charge is 0.480 e. The highest BCUT2D eigenvalue weighted by molar-refractivity contribution is 7.88. The number of carbonyl (C=O) groups excluding carboxylic acids is 2. The Morgan fingerprint density at radius 1 is 1.25 bits per heavy atom. The van der Waals surface area contributed by atoms with E-state index in [9.17, 15) is 23.4 Å². The second kappa shape index (κ2) is 11.3. The van der Waals surface area contributed by atoms with Crippen molar-refractivity contribution in [3.8, 4) is 0 Å². The van der Waals surface area contributed by atoms with Gasteiger partial charge in [-0.1, -0.05) is 6.08 Å². The summed E-state index contributed by atoms with van der Waals surface area (Å²) in [5.74, 6) is -4.22. The van der Waals surface area contributed by atoms with E-state index in [0.29, 0.717) is 0 Å². The molecule has 0 aliphatic carbocycles. The number of hydrogen-bond donors (Lipinski definition) is 5. The number of rotatable bonds is 11. The standard InChI is InChI=1S/C13H21N3O7S/c1-2-5-24(23)7-9(12(20)15-6-11(18)19)16-10(17)4-3-8(14)13(21)22/h2,5,8-9H,3-4,6-7,14H2,1H3,(H,15,20)(H,16,17)(H,18,19)(H,21,22)/b5-2+/t8-,9-,24?/m0/s1. The van der Waals surface area contributed by atoms with E-state index in [1.807, 2.05) is 0 Å². The van der Waals surface area contributed by atoms with Crippen molar-refractivity contribution in [1.29, 1.82) is 0 Å². The predicted octanol–water partition coefficient (Wildman–Crippen LogP) is -1.85. The molecule has 11 heteroatoms. The molecule has 10 nitrogen and oxygen atoms in total. The van der Waals surface area contributed by atoms with E-state index in [2.05, 4.69) is 10.6 Å². The Hall–Kier alpha value is -2.27. The van der Waals surface area contributed by atoms with Gasteiger partial charge in [-0.2, -0.15) is 0 Å². The molecule has 0 rings (SSSR count). The van der Waals surface area contributed by atoms with Gasteiger partial charge in [-0.3, -0.25) is 23.4 Å². The Morgan fingerprint density at radius 2 is 1.88 bits per heavy atom. The van der Waals surface area contributed by atoms with Crippen LogP contribution in [0.1, 0.15) is 19.8 Å². The van der Waals surface area contributed by atoms with Gasteiger partial charge in [0, 0.05) is 17.2 Å². The van der Waals surface area contributed by atoms with E-state index in [4.69, 9.17) is 15.9 Å². The Morgan fingerprint density at radius 3 is 2.38 bits per heavy atom. The van der Waals surface area contributed by atoms with Crippen molar-refractivity contribution >= 4 is 34.6 Å². The molecule has 0 aromatic rings. The van der Waals surface area contributed by atoms with Crippen molar-refractivity contribution in [2.24, 2.45) is 5.73 Å². The molecule has 0 saturated carbocycles. The molecular weight excluding hydrogens is 342 g/mol. The molecule has 6 N–H and O–H groups in total. The van der Waals surface area contributed by atoms with Crippen molar-refractivity contribution in [2.75, 3.05) is 12.3 Å². The van der Waals surface area contributed by atoms with Crippen molar-refractivity contribution in [2.45, 2.75) is 31.8 Å². The third-order valence-corrected chi connectivity index (χ3v) is 3.92. The Labute approximate surface area is 140 Å². The van der Waals surface area contributed by atoms with E-state index < -0.39 is 53.2 Å². The number of carboxylic acids is 2. The SMILES string of the molecule is C/C=C/S(=O)C[C@H](NC(=O)CC[C@H](N)C(=O)O)C(=O)NCC(=O)O. The molecule has 0 fully saturated rings. The highest BCUT2D eigenvalue weighted by Crippen LogP contribution is 1.98. The monoisotopic (exact) mass is 363 g/mol. The van der Waals surface area contributed by atoms with Crippen LogP contribution in [0.4, 0.5) is 0 Å². The number of nitrogens with two attached hydrogens (primary N) is 1. The van der Waals surface area contributed by atoms with Crippen molar-refractivity contribution in [3.05, 3.63) is 11.5 Å². The highest BCUT2D eigenvalue weighted by Gasteiger charge is 2.23. The zero-order chi connectivity index (χ0) is 18.7. The molecule has 0 bridgehead atoms. The highest BCUT2D eigenvalue weighted by atomic mass is 32.2. The van der Waals surface area contributed by atoms with Crippen LogP contribution in [0.3, 0.4) is 0 Å². The van der Waals surface area contributed by atoms with E-state index in [1.165, 1.54) is 11.5 Å². The van der Waals surface area contributed by atoms with Crippen molar-refractivity contribution < 1.29 is 33.6 Å². The number of carbonyl (C=O) groups is 4. The van der Waals surface area contributed by atoms with Gasteiger partial charge in [0.2, 0.25) is 11.8 Å². The summed E-state index contributed by atoms with van der Waals surface area (Å²) >= 11 is 0. The van der Waals surface area contributed by atoms with Gasteiger partial charge in [0.05, 0.1) is 5.75 Å². The average Bonchev–Trinajstić information content (AvgIpc) is 2.49. The minimum atomic E-state index is -1.54. The lowest BCUT2D eigenvalue weighted by Gasteiger charge is -2.17. The van der Waals surface area contributed by atoms with Gasteiger partial charge in [-0.15, -0.1) is 0 Å². The Kier molecular flexibility index (Phi) is 10.2. The lowest BCUT2D eigenvalue weighted by molar-refractivity contribution is -0.139. The van der Waals surface area contributed by atoms with Gasteiger partial charge in [-0.25, -0.2) is 0 Å². The number of hydrogen-bond acceptors (Lipinski definition) is 6. The summed E-state index contributed by atoms with van der Waals surface area (Å²) < 4.78 is 11.7. The van der Waals surface area contributed by atoms with E-state index in [0.717, 1.165) is 0 Å². The topological polar surface area (TPSA) is 176 Å². The zero-order valence-electron chi connectivity index (χ0n) is 13.1. The van der Waals surface area contributed by atoms with Crippen LogP contribution in [-0.4, -0.2) is 62.6 Å². The summed E-state index contributed by atoms with van der Waals surface area (Å²) in [6.45, 7) is 0.981. The van der Waals surface area contributed by atoms with Gasteiger partial charge in [-0.05, 0) is 18.8 Å². The summed E-state index contributed by atoms with van der Waals surface area (Å²) in [6, 6.07) is -2.43. The second-order valence-electron chi connectivity index (χ2n) is 4.73. The molecule has 0 spiro atoms. The molecule has 0 aromatic carbocycles. The van der Waals surface area contributed by atoms with Gasteiger partial charge < -0.3 is 26.6 Å². The number of amides is 2. The molecular formula is C13H21N3O7S. The fraction of sp³-hybridized carbons (Fsp3) is 0.538. The number of nitrogens with one attached hydrogen (secondary N) is 2. The first-order valence-corrected chi connectivity index (χ1v) is 8.32. The van der Waals surface area contributed by atoms with Gasteiger partial charge in [0.25, 0.3) is 0 Å². The molecule has 0 heterocycles. The lowest BCUT2D eigenvalue weighted by atomic mass is 10.1. The fourth-order valence-electron chi connectivity index (χ4n) is 1.52. The fourth-order valence-corrected chi connectivity index (χ4v) is 2.49. The number of carboxylic acid groups (broad SMARTS) is 2. The van der Waals surface area contributed by atoms with E-state index in [-0.39, 0.29) is 18.6 Å². The normalized spacial score (nSPS) is 14.6. The molecule has 1 unspecified atom stereocenters. The van der Waals surface area contributed by atoms with Crippen LogP contribution in [0.2, 0.25) is 0 Å². The van der Waals surface area contributed by atoms with Crippen LogP contribution < -0.4 is 16.4 Å². The number of allylic oxidation sites excluding steroid dienone is 1. The van der Waals surface area contributed by atoms with Crippen LogP contribution in [0.5, 0.6) is 0 Å². The smallest absolute Gasteiger partial charge is 0.322 e. The maximum absolute atomic E-state index is 11.9. The molecule has 0 aromatic heterocycles. The summed E-state index contributed by atoms with van der Waals surface area (Å²) in [6.07, 6.45) is 1.13. The van der Waals surface area contributed by atoms with E-state index >= 15 is 0 Å². The molecule has 2 amide bonds. The zero-order valence-corrected chi connectivity index (χ0v) is 13.9. The molecule has 0 saturated heterocycles. The van der Waals surface area contributed by atoms with Crippen LogP contribution in [0, 0.1) is 0 Å². The van der Waals surface area contributed by atoms with Gasteiger partial charge >= 0.3 is 11.9 Å². The molecule has 24 heavy (non-hydrogen) atoms. The van der Waals surface area contributed by atoms with Crippen molar-refractivity contribution in [3.63, 3.8) is 0 Å². The molecule has 0 radical (unpaired) electrons. The molecule has 3 atom stereocenters. The molecule has 0 aliphatic heterocycles. The van der Waals surface area contributed by atoms with Crippen LogP contribution in [-0.2, 0) is 30.0 Å². The minimum absolute atomic E-state index is 0.136. The lowest BCUT2D eigenvalue weighted by Crippen LogP contribution is -2.50. The van der Waals surface area contributed by atoms with Gasteiger partial charge in [0.1, 0.15) is 18.6 Å². The van der Waals surface area contributed by atoms with Crippen LogP contribution in [0.25, 0.3) is 0 Å². The van der Waals surface area contributed by atoms with Crippen LogP contribution >= 0.6 is 0 Å². The maximum atomic E-state index is 11.9. The van der Waals surface area contributed by atoms with E-state index in [1.54, 1.807) is 6.92 Å². The predicted molar refractivity (Wildman–Crippen MR) is 85.2 cm³/mol. The van der Waals surface area contributed by atoms with Crippen molar-refractivity contribution in [1.82, 2.24) is 10.6 Å². The summed E-state index contributed by atoms with van der Waals surface area (Å²) in [5.41, 5.74) is 5.27. The second-order valence-corrected chi connectivity index (χ2v) is 6.10. The average molecular weight is 363 g/mol. The third kappa shape index (κ3) is 9.69. The summed E-state index contributed by atoms with van der Waals surface area (Å²) in [4.78, 5) is 44.7.